The molecule has 0 heteroatoms. The summed E-state index contributed by atoms with van der Waals surface area (Å²) in [6.07, 6.45) is 0. The Labute approximate surface area is 212 Å². The molecular formula is C36H24. The number of rotatable bonds is 3. The van der Waals surface area contributed by atoms with Gasteiger partial charge in [-0.2, -0.15) is 0 Å². The van der Waals surface area contributed by atoms with Gasteiger partial charge in [-0.15, -0.1) is 0 Å². The summed E-state index contributed by atoms with van der Waals surface area (Å²) < 4.78 is 0. The second kappa shape index (κ2) is 8.52. The molecule has 0 unspecified atom stereocenters. The molecule has 6 aliphatic carbocycles. The molecule has 0 heterocycles. The monoisotopic (exact) mass is 456 g/mol. The molecule has 1 aromatic carbocycles. The molecule has 6 aliphatic rings. The van der Waals surface area contributed by atoms with Crippen LogP contribution in [0.1, 0.15) is 0 Å². The molecule has 0 saturated carbocycles. The van der Waals surface area contributed by atoms with E-state index in [9.17, 15) is 0 Å². The molecule has 0 spiro atoms. The molecular weight excluding hydrogens is 432 g/mol. The van der Waals surface area contributed by atoms with Gasteiger partial charge >= 0.3 is 0 Å². The summed E-state index contributed by atoms with van der Waals surface area (Å²) in [5, 5.41) is 0. The summed E-state index contributed by atoms with van der Waals surface area (Å²) in [7, 11) is 0. The Morgan fingerprint density at radius 1 is 0.167 bits per heavy atom. The minimum atomic E-state index is 1.24. The van der Waals surface area contributed by atoms with Gasteiger partial charge in [-0.1, -0.05) is 91.0 Å². The van der Waals surface area contributed by atoms with Crippen LogP contribution in [-0.2, 0) is 0 Å². The number of fused-ring (bicyclic) bond motifs is 3. The van der Waals surface area contributed by atoms with Gasteiger partial charge in [0.1, 0.15) is 0 Å². The fraction of sp³-hybridized carbons (Fsp3) is 0. The highest BCUT2D eigenvalue weighted by Crippen LogP contribution is 2.40. The van der Waals surface area contributed by atoms with Crippen molar-refractivity contribution in [3.63, 3.8) is 0 Å². The second-order valence-corrected chi connectivity index (χ2v) is 9.50. The second-order valence-electron chi connectivity index (χ2n) is 9.50. The van der Waals surface area contributed by atoms with Crippen molar-refractivity contribution in [2.75, 3.05) is 0 Å². The van der Waals surface area contributed by atoms with Gasteiger partial charge in [-0.05, 0) is 121 Å². The lowest BCUT2D eigenvalue weighted by Gasteiger charge is -2.08. The van der Waals surface area contributed by atoms with E-state index in [1.165, 1.54) is 66.8 Å². The summed E-state index contributed by atoms with van der Waals surface area (Å²) in [6.45, 7) is 0. The maximum Gasteiger partial charge on any atom is -0.0171 e. The van der Waals surface area contributed by atoms with E-state index in [1.54, 1.807) is 0 Å². The summed E-state index contributed by atoms with van der Waals surface area (Å²) in [4.78, 5) is 0. The molecule has 0 bridgehead atoms. The Balaban J connectivity index is 1.45. The predicted octanol–water partition coefficient (Wildman–Crippen LogP) is 10.0. The lowest BCUT2D eigenvalue weighted by Crippen LogP contribution is -1.82. The normalized spacial score (nSPS) is 11.3. The van der Waals surface area contributed by atoms with Crippen LogP contribution in [0.15, 0.2) is 146 Å². The van der Waals surface area contributed by atoms with Crippen LogP contribution in [0.25, 0.3) is 66.8 Å². The van der Waals surface area contributed by atoms with E-state index in [0.717, 1.165) is 0 Å². The van der Waals surface area contributed by atoms with Crippen molar-refractivity contribution >= 4 is 0 Å². The Kier molecular flexibility index (Phi) is 4.89. The van der Waals surface area contributed by atoms with E-state index in [4.69, 9.17) is 0 Å². The van der Waals surface area contributed by atoms with Crippen molar-refractivity contribution in [2.24, 2.45) is 0 Å². The van der Waals surface area contributed by atoms with Crippen molar-refractivity contribution < 1.29 is 0 Å². The summed E-state index contributed by atoms with van der Waals surface area (Å²) in [5.41, 5.74) is 15.1. The highest BCUT2D eigenvalue weighted by molar-refractivity contribution is 5.90. The minimum Gasteiger partial charge on any atom is -0.0622 e. The highest BCUT2D eigenvalue weighted by atomic mass is 14.2. The first kappa shape index (κ1) is 20.7. The van der Waals surface area contributed by atoms with E-state index in [2.05, 4.69) is 146 Å². The quantitative estimate of drug-likeness (QED) is 0.248. The van der Waals surface area contributed by atoms with Gasteiger partial charge in [0.05, 0.1) is 0 Å². The third kappa shape index (κ3) is 3.74. The maximum atomic E-state index is 2.34. The smallest absolute Gasteiger partial charge is 0.0171 e. The molecule has 7 rings (SSSR count). The first-order valence-electron chi connectivity index (χ1n) is 12.4. The van der Waals surface area contributed by atoms with Crippen molar-refractivity contribution in [1.29, 1.82) is 0 Å². The zero-order valence-electron chi connectivity index (χ0n) is 19.9. The predicted molar refractivity (Wildman–Crippen MR) is 153 cm³/mol. The van der Waals surface area contributed by atoms with Crippen LogP contribution < -0.4 is 0 Å². The molecule has 0 N–H and O–H groups in total. The zero-order valence-corrected chi connectivity index (χ0v) is 19.9. The van der Waals surface area contributed by atoms with Crippen LogP contribution in [0.3, 0.4) is 0 Å². The number of benzene rings is 1. The molecule has 0 aliphatic heterocycles. The van der Waals surface area contributed by atoms with Gasteiger partial charge in [0.15, 0.2) is 0 Å². The van der Waals surface area contributed by atoms with Gasteiger partial charge in [0.2, 0.25) is 0 Å². The van der Waals surface area contributed by atoms with E-state index < -0.39 is 0 Å². The third-order valence-corrected chi connectivity index (χ3v) is 7.12. The summed E-state index contributed by atoms with van der Waals surface area (Å²) in [6, 6.07) is 52.9. The lowest BCUT2D eigenvalue weighted by atomic mass is 9.96. The van der Waals surface area contributed by atoms with Crippen LogP contribution in [0.4, 0.5) is 0 Å². The Hall–Kier alpha value is -4.68. The molecule has 0 amide bonds. The third-order valence-electron chi connectivity index (χ3n) is 7.12. The van der Waals surface area contributed by atoms with Crippen LogP contribution in [0.5, 0.6) is 0 Å². The Bertz CT molecular complexity index is 1430. The molecule has 36 heavy (non-hydrogen) atoms. The van der Waals surface area contributed by atoms with E-state index in [0.29, 0.717) is 0 Å². The van der Waals surface area contributed by atoms with Crippen LogP contribution in [-0.4, -0.2) is 0 Å². The van der Waals surface area contributed by atoms with E-state index in [-0.39, 0.29) is 0 Å². The zero-order chi connectivity index (χ0) is 23.9. The van der Waals surface area contributed by atoms with Gasteiger partial charge in [-0.25, -0.2) is 0 Å². The first-order chi connectivity index (χ1) is 17.8. The average Bonchev–Trinajstić information content (AvgIpc) is 3.46. The van der Waals surface area contributed by atoms with Crippen molar-refractivity contribution in [2.45, 2.75) is 0 Å². The van der Waals surface area contributed by atoms with Crippen molar-refractivity contribution in [1.82, 2.24) is 0 Å². The highest BCUT2D eigenvalue weighted by Gasteiger charge is 2.14. The van der Waals surface area contributed by atoms with Crippen molar-refractivity contribution in [3.05, 3.63) is 146 Å². The van der Waals surface area contributed by atoms with Gasteiger partial charge < -0.3 is 0 Å². The molecule has 0 radical (unpaired) electrons. The number of hydrogen-bond acceptors (Lipinski definition) is 0. The summed E-state index contributed by atoms with van der Waals surface area (Å²) >= 11 is 0. The van der Waals surface area contributed by atoms with Crippen LogP contribution in [0.2, 0.25) is 0 Å². The first-order valence-corrected chi connectivity index (χ1v) is 12.4. The molecule has 168 valence electrons. The van der Waals surface area contributed by atoms with Gasteiger partial charge in [0.25, 0.3) is 0 Å². The van der Waals surface area contributed by atoms with Crippen LogP contribution >= 0.6 is 0 Å². The molecule has 0 fully saturated rings. The SMILES string of the molecule is c1ccc2cc(-c3cc(-c4cc5cccccc-5c4)cc(-c4cc5cccccc-5c4)c3)cc-2cc1. The fourth-order valence-electron chi connectivity index (χ4n) is 5.27. The van der Waals surface area contributed by atoms with Crippen LogP contribution in [0, 0.1) is 0 Å². The average molecular weight is 457 g/mol. The Morgan fingerprint density at radius 3 is 0.528 bits per heavy atom. The standard InChI is InChI=1S/C36H24/c1-4-10-25-16-31(17-26(25)11-5-1)34-22-35(32-18-27-12-6-2-7-13-28(27)19-32)24-36(23-34)33-20-29-14-8-3-9-15-30(29)21-33/h1-24H. The van der Waals surface area contributed by atoms with E-state index in [1.807, 2.05) is 0 Å². The van der Waals surface area contributed by atoms with E-state index >= 15 is 0 Å². The van der Waals surface area contributed by atoms with Gasteiger partial charge in [0, 0.05) is 0 Å². The minimum absolute atomic E-state index is 1.24. The lowest BCUT2D eigenvalue weighted by molar-refractivity contribution is 1.63. The topological polar surface area (TPSA) is 0 Å². The Morgan fingerprint density at radius 2 is 0.333 bits per heavy atom. The molecule has 0 aromatic heterocycles. The fourth-order valence-corrected chi connectivity index (χ4v) is 5.27. The molecule has 0 saturated heterocycles. The molecule has 0 nitrogen and oxygen atoms in total. The molecule has 1 aromatic rings. The largest absolute Gasteiger partial charge is 0.0622 e. The summed E-state index contributed by atoms with van der Waals surface area (Å²) in [5.74, 6) is 0. The molecule has 0 atom stereocenters. The van der Waals surface area contributed by atoms with Gasteiger partial charge in [-0.3, -0.25) is 0 Å². The maximum absolute atomic E-state index is 2.34. The van der Waals surface area contributed by atoms with Crippen molar-refractivity contribution in [3.8, 4) is 66.8 Å². The number of hydrogen-bond donors (Lipinski definition) is 0.